The summed E-state index contributed by atoms with van der Waals surface area (Å²) in [7, 11) is 0. The number of carbonyl (C=O) groups is 2. The molecule has 0 radical (unpaired) electrons. The summed E-state index contributed by atoms with van der Waals surface area (Å²) in [6, 6.07) is 14.7. The van der Waals surface area contributed by atoms with Crippen molar-refractivity contribution in [1.29, 1.82) is 0 Å². The largest absolute Gasteiger partial charge is 0.494 e. The third-order valence-corrected chi connectivity index (χ3v) is 4.99. The smallest absolute Gasteiger partial charge is 0.227 e. The fourth-order valence-corrected chi connectivity index (χ4v) is 3.43. The standard InChI is InChI=1S/C23H24N4O4/c1-2-30-19-11-5-16(6-12-19)23-25-21(31-26-23)14-13-20(28)24-17-7-9-18(10-8-17)27-15-3-4-22(27)29/h5-12H,2-4,13-15H2,1H3,(H,24,28). The first-order valence-electron chi connectivity index (χ1n) is 10.4. The van der Waals surface area contributed by atoms with Gasteiger partial charge in [0.05, 0.1) is 6.61 Å². The van der Waals surface area contributed by atoms with Crippen molar-refractivity contribution in [3.8, 4) is 17.1 Å². The Morgan fingerprint density at radius 2 is 1.94 bits per heavy atom. The van der Waals surface area contributed by atoms with E-state index in [-0.39, 0.29) is 18.2 Å². The minimum Gasteiger partial charge on any atom is -0.494 e. The molecule has 1 fully saturated rings. The molecule has 2 amide bonds. The lowest BCUT2D eigenvalue weighted by Gasteiger charge is -2.16. The van der Waals surface area contributed by atoms with Gasteiger partial charge in [-0.3, -0.25) is 9.59 Å². The molecule has 31 heavy (non-hydrogen) atoms. The van der Waals surface area contributed by atoms with Crippen LogP contribution >= 0.6 is 0 Å². The molecule has 160 valence electrons. The number of nitrogens with zero attached hydrogens (tertiary/aromatic N) is 3. The van der Waals surface area contributed by atoms with E-state index in [0.29, 0.717) is 36.9 Å². The molecule has 8 heteroatoms. The number of anilines is 2. The number of ether oxygens (including phenoxy) is 1. The lowest BCUT2D eigenvalue weighted by atomic mass is 10.2. The third-order valence-electron chi connectivity index (χ3n) is 4.99. The van der Waals surface area contributed by atoms with Crippen LogP contribution in [0.2, 0.25) is 0 Å². The molecule has 3 aromatic rings. The molecule has 0 unspecified atom stereocenters. The molecular formula is C23H24N4O4. The predicted molar refractivity (Wildman–Crippen MR) is 116 cm³/mol. The zero-order valence-electron chi connectivity index (χ0n) is 17.3. The first-order chi connectivity index (χ1) is 15.1. The van der Waals surface area contributed by atoms with Crippen LogP contribution < -0.4 is 15.0 Å². The van der Waals surface area contributed by atoms with Gasteiger partial charge in [-0.1, -0.05) is 5.16 Å². The van der Waals surface area contributed by atoms with Crippen molar-refractivity contribution in [2.75, 3.05) is 23.4 Å². The molecule has 2 aromatic carbocycles. The quantitative estimate of drug-likeness (QED) is 0.595. The van der Waals surface area contributed by atoms with Crippen LogP contribution in [0.15, 0.2) is 53.1 Å². The number of nitrogens with one attached hydrogen (secondary N) is 1. The maximum atomic E-state index is 12.3. The van der Waals surface area contributed by atoms with E-state index in [1.807, 2.05) is 43.3 Å². The number of aromatic nitrogens is 2. The number of benzene rings is 2. The van der Waals surface area contributed by atoms with Gasteiger partial charge >= 0.3 is 0 Å². The zero-order valence-corrected chi connectivity index (χ0v) is 17.3. The van der Waals surface area contributed by atoms with Crippen molar-refractivity contribution in [3.05, 3.63) is 54.4 Å². The van der Waals surface area contributed by atoms with E-state index in [4.69, 9.17) is 9.26 Å². The summed E-state index contributed by atoms with van der Waals surface area (Å²) >= 11 is 0. The normalized spacial score (nSPS) is 13.5. The molecule has 1 aliphatic rings. The second-order valence-corrected chi connectivity index (χ2v) is 7.21. The Balaban J connectivity index is 1.28. The lowest BCUT2D eigenvalue weighted by molar-refractivity contribution is -0.117. The van der Waals surface area contributed by atoms with Gasteiger partial charge in [-0.25, -0.2) is 0 Å². The molecule has 1 aromatic heterocycles. The lowest BCUT2D eigenvalue weighted by Crippen LogP contribution is -2.23. The number of carbonyl (C=O) groups excluding carboxylic acids is 2. The summed E-state index contributed by atoms with van der Waals surface area (Å²) in [4.78, 5) is 30.2. The Bertz CT molecular complexity index is 1040. The first kappa shape index (κ1) is 20.6. The highest BCUT2D eigenvalue weighted by molar-refractivity contribution is 5.96. The third kappa shape index (κ3) is 5.09. The van der Waals surface area contributed by atoms with E-state index < -0.39 is 0 Å². The Labute approximate surface area is 180 Å². The van der Waals surface area contributed by atoms with E-state index in [0.717, 1.165) is 30.0 Å². The highest BCUT2D eigenvalue weighted by atomic mass is 16.5. The highest BCUT2D eigenvalue weighted by Gasteiger charge is 2.21. The summed E-state index contributed by atoms with van der Waals surface area (Å²) in [6.45, 7) is 3.28. The van der Waals surface area contributed by atoms with Gasteiger partial charge in [-0.15, -0.1) is 0 Å². The van der Waals surface area contributed by atoms with Crippen molar-refractivity contribution >= 4 is 23.2 Å². The number of hydrogen-bond donors (Lipinski definition) is 1. The Hall–Kier alpha value is -3.68. The number of aryl methyl sites for hydroxylation is 1. The SMILES string of the molecule is CCOc1ccc(-c2noc(CCC(=O)Nc3ccc(N4CCCC4=O)cc3)n2)cc1. The van der Waals surface area contributed by atoms with Crippen LogP contribution in [-0.4, -0.2) is 35.1 Å². The molecule has 8 nitrogen and oxygen atoms in total. The van der Waals surface area contributed by atoms with Crippen LogP contribution in [0.3, 0.4) is 0 Å². The molecule has 1 saturated heterocycles. The molecule has 1 aliphatic heterocycles. The van der Waals surface area contributed by atoms with Gasteiger partial charge in [0.15, 0.2) is 0 Å². The first-order valence-corrected chi connectivity index (χ1v) is 10.4. The van der Waals surface area contributed by atoms with Gasteiger partial charge < -0.3 is 19.5 Å². The van der Waals surface area contributed by atoms with Crippen LogP contribution in [0.25, 0.3) is 11.4 Å². The topological polar surface area (TPSA) is 97.6 Å². The van der Waals surface area contributed by atoms with Gasteiger partial charge in [0.25, 0.3) is 0 Å². The Kier molecular flexibility index (Phi) is 6.26. The number of rotatable bonds is 8. The van der Waals surface area contributed by atoms with Gasteiger partial charge in [0.1, 0.15) is 5.75 Å². The molecule has 0 aliphatic carbocycles. The highest BCUT2D eigenvalue weighted by Crippen LogP contribution is 2.23. The van der Waals surface area contributed by atoms with Crippen molar-refractivity contribution in [3.63, 3.8) is 0 Å². The van der Waals surface area contributed by atoms with E-state index in [1.54, 1.807) is 17.0 Å². The monoisotopic (exact) mass is 420 g/mol. The van der Waals surface area contributed by atoms with Crippen LogP contribution in [0.5, 0.6) is 5.75 Å². The van der Waals surface area contributed by atoms with E-state index in [9.17, 15) is 9.59 Å². The number of hydrogen-bond acceptors (Lipinski definition) is 6. The summed E-state index contributed by atoms with van der Waals surface area (Å²) in [5.41, 5.74) is 2.36. The van der Waals surface area contributed by atoms with Crippen LogP contribution in [0.1, 0.15) is 32.1 Å². The summed E-state index contributed by atoms with van der Waals surface area (Å²) in [6.07, 6.45) is 2.04. The van der Waals surface area contributed by atoms with Crippen LogP contribution in [0.4, 0.5) is 11.4 Å². The van der Waals surface area contributed by atoms with E-state index >= 15 is 0 Å². The molecular weight excluding hydrogens is 396 g/mol. The minimum atomic E-state index is -0.147. The molecule has 0 atom stereocenters. The van der Waals surface area contributed by atoms with Gasteiger partial charge in [-0.05, 0) is 61.9 Å². The molecule has 0 spiro atoms. The minimum absolute atomic E-state index is 0.140. The number of amides is 2. The molecule has 1 N–H and O–H groups in total. The fraction of sp³-hybridized carbons (Fsp3) is 0.304. The Morgan fingerprint density at radius 3 is 2.61 bits per heavy atom. The Morgan fingerprint density at radius 1 is 1.16 bits per heavy atom. The maximum Gasteiger partial charge on any atom is 0.227 e. The van der Waals surface area contributed by atoms with E-state index in [2.05, 4.69) is 15.5 Å². The summed E-state index contributed by atoms with van der Waals surface area (Å²) < 4.78 is 10.7. The molecule has 4 rings (SSSR count). The van der Waals surface area contributed by atoms with Crippen molar-refractivity contribution < 1.29 is 18.8 Å². The molecule has 2 heterocycles. The molecule has 0 saturated carbocycles. The van der Waals surface area contributed by atoms with Gasteiger partial charge in [0, 0.05) is 42.7 Å². The maximum absolute atomic E-state index is 12.3. The van der Waals surface area contributed by atoms with Crippen molar-refractivity contribution in [2.45, 2.75) is 32.6 Å². The average molecular weight is 420 g/mol. The van der Waals surface area contributed by atoms with Gasteiger partial charge in [-0.2, -0.15) is 4.98 Å². The van der Waals surface area contributed by atoms with Crippen molar-refractivity contribution in [2.24, 2.45) is 0 Å². The van der Waals surface area contributed by atoms with Crippen LogP contribution in [-0.2, 0) is 16.0 Å². The predicted octanol–water partition coefficient (Wildman–Crippen LogP) is 3.83. The van der Waals surface area contributed by atoms with Gasteiger partial charge in [0.2, 0.25) is 23.5 Å². The second-order valence-electron chi connectivity index (χ2n) is 7.21. The molecule has 0 bridgehead atoms. The second kappa shape index (κ2) is 9.42. The van der Waals surface area contributed by atoms with Crippen LogP contribution in [0, 0.1) is 0 Å². The summed E-state index contributed by atoms with van der Waals surface area (Å²) in [5.74, 6) is 1.66. The van der Waals surface area contributed by atoms with Crippen molar-refractivity contribution in [1.82, 2.24) is 10.1 Å². The summed E-state index contributed by atoms with van der Waals surface area (Å²) in [5, 5.41) is 6.84. The fourth-order valence-electron chi connectivity index (χ4n) is 3.43. The zero-order chi connectivity index (χ0) is 21.6. The van der Waals surface area contributed by atoms with E-state index in [1.165, 1.54) is 0 Å². The average Bonchev–Trinajstić information content (AvgIpc) is 3.43.